The Labute approximate surface area is 130 Å². The number of pyridine rings is 1. The Morgan fingerprint density at radius 1 is 1.45 bits per heavy atom. The third-order valence-corrected chi connectivity index (χ3v) is 3.48. The van der Waals surface area contributed by atoms with Crippen molar-refractivity contribution in [2.24, 2.45) is 0 Å². The summed E-state index contributed by atoms with van der Waals surface area (Å²) in [4.78, 5) is 23.5. The Balaban J connectivity index is 2.23. The van der Waals surface area contributed by atoms with E-state index in [-0.39, 0.29) is 5.13 Å². The zero-order valence-corrected chi connectivity index (χ0v) is 12.5. The highest BCUT2D eigenvalue weighted by Gasteiger charge is 2.32. The highest BCUT2D eigenvalue weighted by atomic mass is 35.5. The Morgan fingerprint density at radius 3 is 2.68 bits per heavy atom. The van der Waals surface area contributed by atoms with Crippen LogP contribution in [-0.4, -0.2) is 20.7 Å². The summed E-state index contributed by atoms with van der Waals surface area (Å²) in [5, 5.41) is 9.82. The number of amides is 1. The van der Waals surface area contributed by atoms with E-state index in [0.717, 1.165) is 11.3 Å². The number of carbonyl (C=O) groups excluding carboxylic acids is 1. The average molecular weight is 353 g/mol. The van der Waals surface area contributed by atoms with E-state index in [1.165, 1.54) is 0 Å². The molecule has 0 atom stereocenters. The minimum atomic E-state index is -4.67. The number of rotatable bonds is 3. The van der Waals surface area contributed by atoms with Gasteiger partial charge in [-0.15, -0.1) is 10.2 Å². The molecule has 2 aromatic rings. The lowest BCUT2D eigenvalue weighted by molar-refractivity contribution is -0.138. The van der Waals surface area contributed by atoms with Crippen molar-refractivity contribution in [2.45, 2.75) is 19.6 Å². The van der Waals surface area contributed by atoms with Gasteiger partial charge >= 0.3 is 6.18 Å². The highest BCUT2D eigenvalue weighted by Crippen LogP contribution is 2.29. The second-order valence-electron chi connectivity index (χ2n) is 4.18. The van der Waals surface area contributed by atoms with Gasteiger partial charge in [-0.05, 0) is 13.0 Å². The van der Waals surface area contributed by atoms with Crippen molar-refractivity contribution in [3.05, 3.63) is 38.2 Å². The molecule has 0 aliphatic heterocycles. The van der Waals surface area contributed by atoms with E-state index >= 15 is 0 Å². The normalized spacial score (nSPS) is 11.5. The second kappa shape index (κ2) is 6.05. The molecule has 11 heteroatoms. The van der Waals surface area contributed by atoms with E-state index in [1.807, 2.05) is 0 Å². The van der Waals surface area contributed by atoms with E-state index in [2.05, 4.69) is 15.5 Å². The molecule has 2 aromatic heterocycles. The Morgan fingerprint density at radius 2 is 2.14 bits per heavy atom. The van der Waals surface area contributed by atoms with Crippen molar-refractivity contribution in [1.29, 1.82) is 0 Å². The van der Waals surface area contributed by atoms with Crippen molar-refractivity contribution in [2.75, 3.05) is 5.32 Å². The summed E-state index contributed by atoms with van der Waals surface area (Å²) in [5.41, 5.74) is -2.00. The molecular weight excluding hydrogens is 345 g/mol. The standard InChI is InChI=1S/C11H8ClF3N4O2S/c1-5-17-18-10(22-5)16-8(20)4-19-3-6(11(13,14)15)2-7(12)9(19)21/h2-3H,4H2,1H3,(H,16,18,20). The van der Waals surface area contributed by atoms with Crippen LogP contribution in [0.2, 0.25) is 5.02 Å². The van der Waals surface area contributed by atoms with Crippen LogP contribution < -0.4 is 10.9 Å². The van der Waals surface area contributed by atoms with E-state index in [0.29, 0.717) is 21.8 Å². The number of anilines is 1. The number of aryl methyl sites for hydroxylation is 1. The largest absolute Gasteiger partial charge is 0.417 e. The summed E-state index contributed by atoms with van der Waals surface area (Å²) in [6.07, 6.45) is -4.13. The van der Waals surface area contributed by atoms with Crippen LogP contribution >= 0.6 is 22.9 Å². The van der Waals surface area contributed by atoms with Crippen LogP contribution in [0.15, 0.2) is 17.1 Å². The van der Waals surface area contributed by atoms with Crippen LogP contribution in [0.25, 0.3) is 0 Å². The molecule has 0 saturated carbocycles. The molecule has 1 amide bonds. The molecule has 1 N–H and O–H groups in total. The van der Waals surface area contributed by atoms with Gasteiger partial charge in [0.05, 0.1) is 5.56 Å². The summed E-state index contributed by atoms with van der Waals surface area (Å²) in [7, 11) is 0. The van der Waals surface area contributed by atoms with Crippen molar-refractivity contribution in [3.8, 4) is 0 Å². The molecule has 0 fully saturated rings. The molecule has 0 saturated heterocycles. The first-order chi connectivity index (χ1) is 10.2. The number of carbonyl (C=O) groups is 1. The molecule has 2 heterocycles. The van der Waals surface area contributed by atoms with Gasteiger partial charge < -0.3 is 4.57 Å². The predicted molar refractivity (Wildman–Crippen MR) is 74.0 cm³/mol. The molecule has 0 spiro atoms. The summed E-state index contributed by atoms with van der Waals surface area (Å²) in [6.45, 7) is 1.05. The molecule has 0 bridgehead atoms. The van der Waals surface area contributed by atoms with Gasteiger partial charge in [-0.1, -0.05) is 22.9 Å². The first-order valence-corrected chi connectivity index (χ1v) is 6.93. The lowest BCUT2D eigenvalue weighted by atomic mass is 10.2. The first kappa shape index (κ1) is 16.4. The van der Waals surface area contributed by atoms with Crippen LogP contribution in [0.5, 0.6) is 0 Å². The molecule has 2 rings (SSSR count). The molecular formula is C11H8ClF3N4O2S. The fourth-order valence-corrected chi connectivity index (χ4v) is 2.37. The van der Waals surface area contributed by atoms with Crippen LogP contribution in [0, 0.1) is 6.92 Å². The number of nitrogens with zero attached hydrogens (tertiary/aromatic N) is 3. The summed E-state index contributed by atoms with van der Waals surface area (Å²) >= 11 is 6.58. The Bertz CT molecular complexity index is 771. The van der Waals surface area contributed by atoms with Gasteiger partial charge in [-0.2, -0.15) is 13.2 Å². The predicted octanol–water partition coefficient (Wildman–Crippen LogP) is 2.32. The third-order valence-electron chi connectivity index (χ3n) is 2.46. The molecule has 0 aromatic carbocycles. The van der Waals surface area contributed by atoms with Gasteiger partial charge in [0.1, 0.15) is 16.6 Å². The van der Waals surface area contributed by atoms with E-state index in [4.69, 9.17) is 11.6 Å². The summed E-state index contributed by atoms with van der Waals surface area (Å²) in [5.74, 6) is -0.714. The first-order valence-electron chi connectivity index (χ1n) is 5.74. The number of hydrogen-bond donors (Lipinski definition) is 1. The minimum absolute atomic E-state index is 0.189. The lowest BCUT2D eigenvalue weighted by Gasteiger charge is -2.11. The quantitative estimate of drug-likeness (QED) is 0.919. The highest BCUT2D eigenvalue weighted by molar-refractivity contribution is 7.15. The molecule has 118 valence electrons. The van der Waals surface area contributed by atoms with Gasteiger partial charge in [0.2, 0.25) is 11.0 Å². The van der Waals surface area contributed by atoms with Crippen LogP contribution in [0.4, 0.5) is 18.3 Å². The summed E-state index contributed by atoms with van der Waals surface area (Å²) < 4.78 is 38.6. The van der Waals surface area contributed by atoms with E-state index < -0.39 is 34.8 Å². The van der Waals surface area contributed by atoms with Crippen molar-refractivity contribution >= 4 is 34.0 Å². The maximum absolute atomic E-state index is 12.7. The fourth-order valence-electron chi connectivity index (χ4n) is 1.53. The summed E-state index contributed by atoms with van der Waals surface area (Å²) in [6, 6.07) is 0.520. The third kappa shape index (κ3) is 3.83. The van der Waals surface area contributed by atoms with Gasteiger partial charge in [-0.3, -0.25) is 14.9 Å². The number of alkyl halides is 3. The topological polar surface area (TPSA) is 76.9 Å². The second-order valence-corrected chi connectivity index (χ2v) is 5.77. The fraction of sp³-hybridized carbons (Fsp3) is 0.273. The van der Waals surface area contributed by atoms with Crippen LogP contribution in [-0.2, 0) is 17.5 Å². The van der Waals surface area contributed by atoms with Crippen molar-refractivity contribution in [3.63, 3.8) is 0 Å². The van der Waals surface area contributed by atoms with Crippen LogP contribution in [0.1, 0.15) is 10.6 Å². The van der Waals surface area contributed by atoms with Gasteiger partial charge in [0.15, 0.2) is 0 Å². The Hall–Kier alpha value is -1.94. The number of hydrogen-bond acceptors (Lipinski definition) is 5. The molecule has 22 heavy (non-hydrogen) atoms. The van der Waals surface area contributed by atoms with Crippen molar-refractivity contribution < 1.29 is 18.0 Å². The smallest absolute Gasteiger partial charge is 0.304 e. The SMILES string of the molecule is Cc1nnc(NC(=O)Cn2cc(C(F)(F)F)cc(Cl)c2=O)s1. The molecule has 6 nitrogen and oxygen atoms in total. The minimum Gasteiger partial charge on any atom is -0.304 e. The number of halogens is 4. The van der Waals surface area contributed by atoms with E-state index in [1.54, 1.807) is 6.92 Å². The van der Waals surface area contributed by atoms with Gasteiger partial charge in [0, 0.05) is 6.20 Å². The Kier molecular flexibility index (Phi) is 4.52. The van der Waals surface area contributed by atoms with Crippen LogP contribution in [0.3, 0.4) is 0 Å². The van der Waals surface area contributed by atoms with Gasteiger partial charge in [0.25, 0.3) is 5.56 Å². The maximum atomic E-state index is 12.7. The molecule has 0 aliphatic rings. The van der Waals surface area contributed by atoms with Crippen molar-refractivity contribution in [1.82, 2.24) is 14.8 Å². The van der Waals surface area contributed by atoms with Gasteiger partial charge in [-0.25, -0.2) is 0 Å². The molecule has 0 unspecified atom stereocenters. The zero-order chi connectivity index (χ0) is 16.5. The molecule has 0 aliphatic carbocycles. The van der Waals surface area contributed by atoms with E-state index in [9.17, 15) is 22.8 Å². The lowest BCUT2D eigenvalue weighted by Crippen LogP contribution is -2.29. The monoisotopic (exact) mass is 352 g/mol. The maximum Gasteiger partial charge on any atom is 0.417 e. The average Bonchev–Trinajstić information content (AvgIpc) is 2.78. The number of aromatic nitrogens is 3. The number of nitrogens with one attached hydrogen (secondary N) is 1. The molecule has 0 radical (unpaired) electrons. The zero-order valence-electron chi connectivity index (χ0n) is 10.9.